The maximum absolute atomic E-state index is 6.13. The van der Waals surface area contributed by atoms with Crippen LogP contribution < -0.4 is 0 Å². The largest absolute Gasteiger partial charge is 0.319 e. The van der Waals surface area contributed by atoms with Crippen molar-refractivity contribution in [1.29, 1.82) is 0 Å². The summed E-state index contributed by atoms with van der Waals surface area (Å²) < 4.78 is 2.00. The number of thioether (sulfide) groups is 1. The van der Waals surface area contributed by atoms with E-state index in [0.717, 1.165) is 36.8 Å². The Labute approximate surface area is 129 Å². The monoisotopic (exact) mass is 310 g/mol. The summed E-state index contributed by atoms with van der Waals surface area (Å²) in [6.07, 6.45) is 4.65. The summed E-state index contributed by atoms with van der Waals surface area (Å²) in [5.74, 6) is 1.08. The maximum Gasteiger partial charge on any atom is 0.119 e. The lowest BCUT2D eigenvalue weighted by Gasteiger charge is -2.16. The van der Waals surface area contributed by atoms with Gasteiger partial charge in [0.1, 0.15) is 12.7 Å². The molecular weight excluding hydrogens is 292 g/mol. The number of hydrogen-bond donors (Lipinski definition) is 0. The van der Waals surface area contributed by atoms with Crippen LogP contribution in [-0.2, 0) is 6.54 Å². The number of nitrogens with zero attached hydrogens (tertiary/aromatic N) is 4. The lowest BCUT2D eigenvalue weighted by molar-refractivity contribution is 0.320. The van der Waals surface area contributed by atoms with Crippen molar-refractivity contribution in [3.05, 3.63) is 41.9 Å². The number of likely N-dealkylation sites (N-methyl/N-ethyl adjacent to an activating group) is 1. The fourth-order valence-electron chi connectivity index (χ4n) is 1.81. The summed E-state index contributed by atoms with van der Waals surface area (Å²) >= 11 is 7.95. The Bertz CT molecular complexity index is 504. The molecule has 0 aliphatic heterocycles. The molecule has 108 valence electrons. The SMILES string of the molecule is CN(CCCSc1ccccc1Cl)CCn1cnnc1. The molecule has 4 nitrogen and oxygen atoms in total. The number of halogens is 1. The summed E-state index contributed by atoms with van der Waals surface area (Å²) in [7, 11) is 2.14. The zero-order valence-corrected chi connectivity index (χ0v) is 13.1. The summed E-state index contributed by atoms with van der Waals surface area (Å²) in [5.41, 5.74) is 0. The highest BCUT2D eigenvalue weighted by atomic mass is 35.5. The molecule has 0 fully saturated rings. The Morgan fingerprint density at radius 2 is 1.95 bits per heavy atom. The second kappa shape index (κ2) is 8.29. The fourth-order valence-corrected chi connectivity index (χ4v) is 2.99. The molecule has 0 radical (unpaired) electrons. The molecule has 0 saturated carbocycles. The Balaban J connectivity index is 1.60. The van der Waals surface area contributed by atoms with E-state index in [-0.39, 0.29) is 0 Å². The van der Waals surface area contributed by atoms with E-state index >= 15 is 0 Å². The van der Waals surface area contributed by atoms with Crippen molar-refractivity contribution in [1.82, 2.24) is 19.7 Å². The van der Waals surface area contributed by atoms with Crippen molar-refractivity contribution in [2.75, 3.05) is 25.9 Å². The van der Waals surface area contributed by atoms with Crippen LogP contribution in [0, 0.1) is 0 Å². The second-order valence-corrected chi connectivity index (χ2v) is 6.18. The van der Waals surface area contributed by atoms with E-state index in [4.69, 9.17) is 11.6 Å². The van der Waals surface area contributed by atoms with Crippen LogP contribution in [0.5, 0.6) is 0 Å². The highest BCUT2D eigenvalue weighted by molar-refractivity contribution is 7.99. The van der Waals surface area contributed by atoms with Crippen LogP contribution in [0.1, 0.15) is 6.42 Å². The summed E-state index contributed by atoms with van der Waals surface area (Å²) in [4.78, 5) is 3.49. The molecule has 0 spiro atoms. The van der Waals surface area contributed by atoms with Crippen molar-refractivity contribution in [2.24, 2.45) is 0 Å². The predicted molar refractivity (Wildman–Crippen MR) is 84.3 cm³/mol. The molecule has 1 heterocycles. The molecule has 0 atom stereocenters. The topological polar surface area (TPSA) is 34.0 Å². The third kappa shape index (κ3) is 5.15. The first kappa shape index (κ1) is 15.4. The van der Waals surface area contributed by atoms with Crippen molar-refractivity contribution < 1.29 is 0 Å². The van der Waals surface area contributed by atoms with Crippen LogP contribution in [0.25, 0.3) is 0 Å². The van der Waals surface area contributed by atoms with Gasteiger partial charge in [0.15, 0.2) is 0 Å². The molecule has 0 aliphatic carbocycles. The molecule has 0 aliphatic rings. The van der Waals surface area contributed by atoms with Gasteiger partial charge in [-0.05, 0) is 37.9 Å². The summed E-state index contributed by atoms with van der Waals surface area (Å²) in [6.45, 7) is 3.02. The van der Waals surface area contributed by atoms with E-state index in [0.29, 0.717) is 0 Å². The Hall–Kier alpha value is -1.04. The molecule has 2 rings (SSSR count). The number of hydrogen-bond acceptors (Lipinski definition) is 4. The van der Waals surface area contributed by atoms with Gasteiger partial charge in [-0.25, -0.2) is 0 Å². The van der Waals surface area contributed by atoms with Crippen molar-refractivity contribution in [3.8, 4) is 0 Å². The van der Waals surface area contributed by atoms with E-state index in [1.807, 2.05) is 34.5 Å². The lowest BCUT2D eigenvalue weighted by atomic mass is 10.4. The molecule has 1 aromatic heterocycles. The molecule has 0 bridgehead atoms. The van der Waals surface area contributed by atoms with Gasteiger partial charge in [0.05, 0.1) is 5.02 Å². The quantitative estimate of drug-likeness (QED) is 0.554. The zero-order valence-electron chi connectivity index (χ0n) is 11.6. The van der Waals surface area contributed by atoms with E-state index in [1.54, 1.807) is 12.7 Å². The first-order valence-electron chi connectivity index (χ1n) is 6.64. The average Bonchev–Trinajstić information content (AvgIpc) is 2.96. The van der Waals surface area contributed by atoms with E-state index in [9.17, 15) is 0 Å². The van der Waals surface area contributed by atoms with Crippen LogP contribution in [-0.4, -0.2) is 45.6 Å². The van der Waals surface area contributed by atoms with Crippen molar-refractivity contribution in [2.45, 2.75) is 17.9 Å². The van der Waals surface area contributed by atoms with Gasteiger partial charge in [0.2, 0.25) is 0 Å². The van der Waals surface area contributed by atoms with Gasteiger partial charge in [0, 0.05) is 18.0 Å². The summed E-state index contributed by atoms with van der Waals surface area (Å²) in [6, 6.07) is 8.00. The highest BCUT2D eigenvalue weighted by Crippen LogP contribution is 2.26. The van der Waals surface area contributed by atoms with Crippen LogP contribution in [0.15, 0.2) is 41.8 Å². The van der Waals surface area contributed by atoms with Crippen LogP contribution in [0.2, 0.25) is 5.02 Å². The van der Waals surface area contributed by atoms with Gasteiger partial charge in [-0.15, -0.1) is 22.0 Å². The smallest absolute Gasteiger partial charge is 0.119 e. The Morgan fingerprint density at radius 1 is 1.20 bits per heavy atom. The van der Waals surface area contributed by atoms with Crippen LogP contribution in [0.3, 0.4) is 0 Å². The van der Waals surface area contributed by atoms with Gasteiger partial charge in [-0.1, -0.05) is 23.7 Å². The normalized spacial score (nSPS) is 11.2. The summed E-state index contributed by atoms with van der Waals surface area (Å²) in [5, 5.41) is 8.44. The van der Waals surface area contributed by atoms with Crippen LogP contribution >= 0.6 is 23.4 Å². The minimum absolute atomic E-state index is 0.846. The number of aromatic nitrogens is 3. The third-order valence-corrected chi connectivity index (χ3v) is 4.59. The minimum Gasteiger partial charge on any atom is -0.319 e. The molecule has 6 heteroatoms. The van der Waals surface area contributed by atoms with Crippen molar-refractivity contribution in [3.63, 3.8) is 0 Å². The minimum atomic E-state index is 0.846. The van der Waals surface area contributed by atoms with Crippen molar-refractivity contribution >= 4 is 23.4 Å². The average molecular weight is 311 g/mol. The standard InChI is InChI=1S/C14H19ClN4S/c1-18(8-9-19-11-16-17-12-19)7-4-10-20-14-6-3-2-5-13(14)15/h2-3,5-6,11-12H,4,7-10H2,1H3. The fraction of sp³-hybridized carbons (Fsp3) is 0.429. The molecule has 0 N–H and O–H groups in total. The van der Waals surface area contributed by atoms with Gasteiger partial charge in [0.25, 0.3) is 0 Å². The van der Waals surface area contributed by atoms with Gasteiger partial charge in [-0.3, -0.25) is 0 Å². The molecular formula is C14H19ClN4S. The van der Waals surface area contributed by atoms with Gasteiger partial charge < -0.3 is 9.47 Å². The maximum atomic E-state index is 6.13. The molecule has 0 saturated heterocycles. The Kier molecular flexibility index (Phi) is 6.36. The van der Waals surface area contributed by atoms with E-state index in [2.05, 4.69) is 28.2 Å². The highest BCUT2D eigenvalue weighted by Gasteiger charge is 2.02. The predicted octanol–water partition coefficient (Wildman–Crippen LogP) is 3.05. The molecule has 2 aromatic rings. The lowest BCUT2D eigenvalue weighted by Crippen LogP contribution is -2.24. The first-order chi connectivity index (χ1) is 9.75. The Morgan fingerprint density at radius 3 is 2.70 bits per heavy atom. The molecule has 0 amide bonds. The number of rotatable bonds is 8. The second-order valence-electron chi connectivity index (χ2n) is 4.64. The molecule has 1 aromatic carbocycles. The van der Waals surface area contributed by atoms with Gasteiger partial charge >= 0.3 is 0 Å². The zero-order chi connectivity index (χ0) is 14.2. The molecule has 0 unspecified atom stereocenters. The molecule has 20 heavy (non-hydrogen) atoms. The third-order valence-electron chi connectivity index (χ3n) is 2.98. The van der Waals surface area contributed by atoms with Crippen LogP contribution in [0.4, 0.5) is 0 Å². The first-order valence-corrected chi connectivity index (χ1v) is 8.00. The van der Waals surface area contributed by atoms with E-state index < -0.39 is 0 Å². The van der Waals surface area contributed by atoms with E-state index in [1.165, 1.54) is 4.90 Å². The number of benzene rings is 1. The van der Waals surface area contributed by atoms with Gasteiger partial charge in [-0.2, -0.15) is 0 Å².